The predicted molar refractivity (Wildman–Crippen MR) is 82.9 cm³/mol. The third-order valence-corrected chi connectivity index (χ3v) is 6.12. The Kier molecular flexibility index (Phi) is 5.19. The van der Waals surface area contributed by atoms with Gasteiger partial charge in [0, 0.05) is 23.6 Å². The van der Waals surface area contributed by atoms with Gasteiger partial charge in [0.25, 0.3) is 0 Å². The van der Waals surface area contributed by atoms with Crippen LogP contribution in [0.25, 0.3) is 0 Å². The minimum absolute atomic E-state index is 0.251. The second kappa shape index (κ2) is 6.53. The molecule has 5 nitrogen and oxygen atoms in total. The summed E-state index contributed by atoms with van der Waals surface area (Å²) < 4.78 is 28.0. The Morgan fingerprint density at radius 3 is 2.85 bits per heavy atom. The van der Waals surface area contributed by atoms with Crippen LogP contribution in [-0.4, -0.2) is 39.5 Å². The standard InChI is InChI=1S/C13H20BrN3O2S/c1-17-6-2-3-11(17)9-16-20(18,19)13-7-10(8-15)4-5-12(13)14/h4-5,7,11,16H,2-3,6,8-9,15H2,1H3. The molecule has 0 saturated carbocycles. The lowest BCUT2D eigenvalue weighted by Gasteiger charge is -2.20. The fourth-order valence-corrected chi connectivity index (χ4v) is 4.49. The SMILES string of the molecule is CN1CCCC1CNS(=O)(=O)c1cc(CN)ccc1Br. The number of nitrogens with two attached hydrogens (primary N) is 1. The van der Waals surface area contributed by atoms with E-state index in [-0.39, 0.29) is 10.9 Å². The normalized spacial score (nSPS) is 20.4. The van der Waals surface area contributed by atoms with E-state index in [4.69, 9.17) is 5.73 Å². The molecule has 3 N–H and O–H groups in total. The van der Waals surface area contributed by atoms with Crippen molar-refractivity contribution in [3.8, 4) is 0 Å². The summed E-state index contributed by atoms with van der Waals surface area (Å²) in [7, 11) is -1.49. The number of sulfonamides is 1. The number of nitrogens with one attached hydrogen (secondary N) is 1. The lowest BCUT2D eigenvalue weighted by Crippen LogP contribution is -2.38. The van der Waals surface area contributed by atoms with Gasteiger partial charge in [-0.1, -0.05) is 6.07 Å². The molecule has 0 spiro atoms. The molecular formula is C13H20BrN3O2S. The van der Waals surface area contributed by atoms with Crippen molar-refractivity contribution < 1.29 is 8.42 Å². The number of likely N-dealkylation sites (tertiary alicyclic amines) is 1. The van der Waals surface area contributed by atoms with E-state index in [1.807, 2.05) is 13.1 Å². The Balaban J connectivity index is 2.13. The quantitative estimate of drug-likeness (QED) is 0.828. The van der Waals surface area contributed by atoms with Gasteiger partial charge < -0.3 is 10.6 Å². The van der Waals surface area contributed by atoms with E-state index in [9.17, 15) is 8.42 Å². The van der Waals surface area contributed by atoms with E-state index in [1.165, 1.54) is 0 Å². The van der Waals surface area contributed by atoms with Crippen LogP contribution in [0.1, 0.15) is 18.4 Å². The van der Waals surface area contributed by atoms with Gasteiger partial charge in [0.15, 0.2) is 0 Å². The van der Waals surface area contributed by atoms with E-state index in [0.29, 0.717) is 17.6 Å². The maximum Gasteiger partial charge on any atom is 0.241 e. The maximum absolute atomic E-state index is 12.4. The molecule has 20 heavy (non-hydrogen) atoms. The zero-order chi connectivity index (χ0) is 14.8. The van der Waals surface area contributed by atoms with Crippen LogP contribution in [-0.2, 0) is 16.6 Å². The highest BCUT2D eigenvalue weighted by Gasteiger charge is 2.24. The van der Waals surface area contributed by atoms with Crippen molar-refractivity contribution >= 4 is 26.0 Å². The molecule has 1 aromatic rings. The molecule has 2 rings (SSSR count). The van der Waals surface area contributed by atoms with Crippen molar-refractivity contribution in [3.63, 3.8) is 0 Å². The summed E-state index contributed by atoms with van der Waals surface area (Å²) in [5, 5.41) is 0. The van der Waals surface area contributed by atoms with Crippen LogP contribution in [0.15, 0.2) is 27.6 Å². The molecule has 1 aliphatic heterocycles. The van der Waals surface area contributed by atoms with Crippen molar-refractivity contribution in [2.75, 3.05) is 20.1 Å². The number of halogens is 1. The third kappa shape index (κ3) is 3.59. The molecule has 1 unspecified atom stereocenters. The molecule has 0 aromatic heterocycles. The first-order valence-electron chi connectivity index (χ1n) is 6.62. The highest BCUT2D eigenvalue weighted by molar-refractivity contribution is 9.10. The smallest absolute Gasteiger partial charge is 0.241 e. The number of hydrogen-bond donors (Lipinski definition) is 2. The Morgan fingerprint density at radius 2 is 2.25 bits per heavy atom. The summed E-state index contributed by atoms with van der Waals surface area (Å²) >= 11 is 3.29. The zero-order valence-electron chi connectivity index (χ0n) is 11.5. The lowest BCUT2D eigenvalue weighted by molar-refractivity contribution is 0.311. The minimum atomic E-state index is -3.51. The van der Waals surface area contributed by atoms with E-state index >= 15 is 0 Å². The first-order valence-corrected chi connectivity index (χ1v) is 8.90. The van der Waals surface area contributed by atoms with Gasteiger partial charge in [0.05, 0.1) is 4.90 Å². The van der Waals surface area contributed by atoms with Gasteiger partial charge in [-0.15, -0.1) is 0 Å². The summed E-state index contributed by atoms with van der Waals surface area (Å²) in [4.78, 5) is 2.44. The molecular weight excluding hydrogens is 342 g/mol. The van der Waals surface area contributed by atoms with Crippen LogP contribution >= 0.6 is 15.9 Å². The first-order chi connectivity index (χ1) is 9.44. The molecule has 1 atom stereocenters. The van der Waals surface area contributed by atoms with Crippen molar-refractivity contribution in [1.82, 2.24) is 9.62 Å². The summed E-state index contributed by atoms with van der Waals surface area (Å²) in [5.74, 6) is 0. The molecule has 0 bridgehead atoms. The van der Waals surface area contributed by atoms with Crippen LogP contribution in [0.2, 0.25) is 0 Å². The summed E-state index contributed by atoms with van der Waals surface area (Å²) in [5.41, 5.74) is 6.36. The van der Waals surface area contributed by atoms with Gasteiger partial charge >= 0.3 is 0 Å². The highest BCUT2D eigenvalue weighted by atomic mass is 79.9. The monoisotopic (exact) mass is 361 g/mol. The highest BCUT2D eigenvalue weighted by Crippen LogP contribution is 2.23. The molecule has 1 saturated heterocycles. The lowest BCUT2D eigenvalue weighted by atomic mass is 10.2. The minimum Gasteiger partial charge on any atom is -0.326 e. The van der Waals surface area contributed by atoms with Gasteiger partial charge in [-0.05, 0) is 60.1 Å². The fraction of sp³-hybridized carbons (Fsp3) is 0.538. The topological polar surface area (TPSA) is 75.4 Å². The number of likely N-dealkylation sites (N-methyl/N-ethyl adjacent to an activating group) is 1. The van der Waals surface area contributed by atoms with Crippen LogP contribution in [0, 0.1) is 0 Å². The molecule has 7 heteroatoms. The molecule has 1 aliphatic rings. The Morgan fingerprint density at radius 1 is 1.50 bits per heavy atom. The van der Waals surface area contributed by atoms with Crippen molar-refractivity contribution in [3.05, 3.63) is 28.2 Å². The third-order valence-electron chi connectivity index (χ3n) is 3.70. The molecule has 1 fully saturated rings. The number of benzene rings is 1. The van der Waals surface area contributed by atoms with Gasteiger partial charge in [-0.25, -0.2) is 13.1 Å². The van der Waals surface area contributed by atoms with Crippen LogP contribution in [0.3, 0.4) is 0 Å². The summed E-state index contributed by atoms with van der Waals surface area (Å²) in [6.45, 7) is 1.79. The maximum atomic E-state index is 12.4. The molecule has 1 aromatic carbocycles. The largest absolute Gasteiger partial charge is 0.326 e. The average molecular weight is 362 g/mol. The van der Waals surface area contributed by atoms with Crippen LogP contribution < -0.4 is 10.5 Å². The average Bonchev–Trinajstić information content (AvgIpc) is 2.82. The van der Waals surface area contributed by atoms with E-state index < -0.39 is 10.0 Å². The Bertz CT molecular complexity index is 577. The number of rotatable bonds is 5. The fourth-order valence-electron chi connectivity index (χ4n) is 2.40. The second-order valence-corrected chi connectivity index (χ2v) is 7.69. The molecule has 112 valence electrons. The number of hydrogen-bond acceptors (Lipinski definition) is 4. The summed E-state index contributed by atoms with van der Waals surface area (Å²) in [6.07, 6.45) is 2.15. The molecule has 0 aliphatic carbocycles. The Hall–Kier alpha value is -0.470. The second-order valence-electron chi connectivity index (χ2n) is 5.10. The van der Waals surface area contributed by atoms with Crippen LogP contribution in [0.4, 0.5) is 0 Å². The zero-order valence-corrected chi connectivity index (χ0v) is 13.9. The number of nitrogens with zero attached hydrogens (tertiary/aromatic N) is 1. The Labute approximate surface area is 128 Å². The van der Waals surface area contributed by atoms with Gasteiger partial charge in [0.2, 0.25) is 10.0 Å². The molecule has 0 radical (unpaired) electrons. The van der Waals surface area contributed by atoms with E-state index in [1.54, 1.807) is 12.1 Å². The van der Waals surface area contributed by atoms with Gasteiger partial charge in [-0.2, -0.15) is 0 Å². The van der Waals surface area contributed by atoms with Crippen molar-refractivity contribution in [2.45, 2.75) is 30.3 Å². The molecule has 1 heterocycles. The van der Waals surface area contributed by atoms with Gasteiger partial charge in [-0.3, -0.25) is 0 Å². The van der Waals surface area contributed by atoms with Crippen molar-refractivity contribution in [2.24, 2.45) is 5.73 Å². The van der Waals surface area contributed by atoms with E-state index in [2.05, 4.69) is 25.6 Å². The first kappa shape index (κ1) is 15.9. The van der Waals surface area contributed by atoms with Gasteiger partial charge in [0.1, 0.15) is 0 Å². The summed E-state index contributed by atoms with van der Waals surface area (Å²) in [6, 6.07) is 5.43. The van der Waals surface area contributed by atoms with Crippen LogP contribution in [0.5, 0.6) is 0 Å². The van der Waals surface area contributed by atoms with Crippen molar-refractivity contribution in [1.29, 1.82) is 0 Å². The predicted octanol–water partition coefficient (Wildman–Crippen LogP) is 1.28. The van der Waals surface area contributed by atoms with E-state index in [0.717, 1.165) is 24.9 Å². The molecule has 0 amide bonds.